The number of carbonyl (C=O) groups is 4. The van der Waals surface area contributed by atoms with Crippen LogP contribution in [0.3, 0.4) is 0 Å². The van der Waals surface area contributed by atoms with Crippen LogP contribution in [0, 0.1) is 78.0 Å². The Morgan fingerprint density at radius 3 is 0.960 bits per heavy atom. The quantitative estimate of drug-likeness (QED) is 0.0867. The lowest BCUT2D eigenvalue weighted by atomic mass is 9.77. The molecule has 4 amide bonds. The molecule has 12 aliphatic rings. The normalized spacial score (nSPS) is 22.4. The molecule has 29 heteroatoms. The lowest BCUT2D eigenvalue weighted by Crippen LogP contribution is -2.59. The molecular weight excluding hydrogens is 1570 g/mol. The highest BCUT2D eigenvalue weighted by molar-refractivity contribution is 6.02. The van der Waals surface area contributed by atoms with Crippen LogP contribution in [0.5, 0.6) is 23.5 Å². The van der Waals surface area contributed by atoms with Gasteiger partial charge in [-0.25, -0.2) is 64.2 Å². The Morgan fingerprint density at radius 2 is 0.605 bits per heavy atom. The summed E-state index contributed by atoms with van der Waals surface area (Å²) in [7, 11) is 0. The summed E-state index contributed by atoms with van der Waals surface area (Å²) in [4.78, 5) is 132. The van der Waals surface area contributed by atoms with E-state index < -0.39 is 5.82 Å². The molecule has 0 aromatic carbocycles. The molecule has 4 aliphatic carbocycles. The maximum absolute atomic E-state index is 13.7. The van der Waals surface area contributed by atoms with E-state index in [4.69, 9.17) is 18.9 Å². The number of nitrogens with zero attached hydrogens (tertiary/aromatic N) is 20. The van der Waals surface area contributed by atoms with Crippen molar-refractivity contribution in [2.45, 2.75) is 174 Å². The Hall–Kier alpha value is -13.5. The lowest BCUT2D eigenvalue weighted by Gasteiger charge is -2.49. The molecule has 12 atom stereocenters. The summed E-state index contributed by atoms with van der Waals surface area (Å²) in [5.74, 6) is 4.95. The number of hydrogen-bond donors (Lipinski definition) is 0. The van der Waals surface area contributed by atoms with Crippen LogP contribution >= 0.6 is 0 Å². The average molecular weight is 1670 g/mol. The van der Waals surface area contributed by atoms with Crippen LogP contribution in [-0.2, 0) is 0 Å². The van der Waals surface area contributed by atoms with Gasteiger partial charge in [-0.2, -0.15) is 0 Å². The Kier molecular flexibility index (Phi) is 24.8. The zero-order valence-electron chi connectivity index (χ0n) is 70.3. The third kappa shape index (κ3) is 18.8. The van der Waals surface area contributed by atoms with E-state index in [9.17, 15) is 23.6 Å². The van der Waals surface area contributed by atoms with E-state index in [2.05, 4.69) is 79.7 Å². The summed E-state index contributed by atoms with van der Waals surface area (Å²) in [5.41, 5.74) is 11.2. The number of piperidine rings is 8. The van der Waals surface area contributed by atoms with Crippen LogP contribution in [-0.4, -0.2) is 198 Å². The molecule has 8 saturated heterocycles. The standard InChI is InChI=1S/3C24H25N5O2.C23H22FN5O2/c2*1-15-4-7-21(27-12-15)31-20-11-17-5-6-19(20)29(14-17)24(30)18-10-16(2)13-28-22(18)23-25-8-3-9-26-23;1-15-4-7-21(27-12-15)31-20-11-17-5-6-19(20)29(14-17)24(30)22-18(10-16(2)13-28-22)23-25-8-3-9-26-23;1-14-4-7-20(26-10-14)31-19-9-15-5-6-18(19)29(13-15)23(30)17-3-2-8-25-21(17)22-27-11-16(24)12-28-22/h3*3-4,7-10,12-13,17,19-20H,5-6,11,14H2,1-2H3;2-4,7-8,10-12,15,18-19H,5-6,9,13H2,1H3. The molecule has 12 unspecified atom stereocenters. The van der Waals surface area contributed by atoms with Crippen molar-refractivity contribution in [3.8, 4) is 69.5 Å². The minimum Gasteiger partial charge on any atom is -0.472 e. The smallest absolute Gasteiger partial charge is 0.273 e. The summed E-state index contributed by atoms with van der Waals surface area (Å²) in [5, 5.41) is 0. The Morgan fingerprint density at radius 1 is 0.298 bits per heavy atom. The molecule has 0 spiro atoms. The number of pyridine rings is 8. The van der Waals surface area contributed by atoms with Gasteiger partial charge in [0.1, 0.15) is 47.2 Å². The van der Waals surface area contributed by atoms with E-state index in [0.29, 0.717) is 116 Å². The third-order valence-electron chi connectivity index (χ3n) is 24.5. The minimum atomic E-state index is -0.536. The van der Waals surface area contributed by atoms with Crippen LogP contribution in [0.15, 0.2) is 196 Å². The van der Waals surface area contributed by atoms with E-state index in [-0.39, 0.29) is 78.0 Å². The minimum absolute atomic E-state index is 0.00764. The largest absolute Gasteiger partial charge is 0.472 e. The molecule has 12 aromatic heterocycles. The van der Waals surface area contributed by atoms with Gasteiger partial charge in [0.05, 0.1) is 58.8 Å². The van der Waals surface area contributed by atoms with Crippen LogP contribution in [0.2, 0.25) is 0 Å². The lowest BCUT2D eigenvalue weighted by molar-refractivity contribution is -0.0315. The summed E-state index contributed by atoms with van der Waals surface area (Å²) in [6.45, 7) is 16.7. The molecule has 20 heterocycles. The topological polar surface area (TPSA) is 324 Å². The number of halogens is 1. The van der Waals surface area contributed by atoms with Crippen LogP contribution in [0.1, 0.15) is 158 Å². The second kappa shape index (κ2) is 37.1. The van der Waals surface area contributed by atoms with Crippen molar-refractivity contribution in [3.63, 3.8) is 0 Å². The maximum atomic E-state index is 13.7. The van der Waals surface area contributed by atoms with Crippen LogP contribution in [0.4, 0.5) is 4.39 Å². The van der Waals surface area contributed by atoms with E-state index in [0.717, 1.165) is 148 Å². The van der Waals surface area contributed by atoms with Crippen molar-refractivity contribution in [1.82, 2.24) is 99.3 Å². The van der Waals surface area contributed by atoms with Gasteiger partial charge in [0.2, 0.25) is 23.5 Å². The predicted molar refractivity (Wildman–Crippen MR) is 457 cm³/mol. The fraction of sp³-hybridized carbons (Fsp3) is 0.368. The van der Waals surface area contributed by atoms with Gasteiger partial charge < -0.3 is 38.5 Å². The number of aromatic nitrogens is 16. The molecule has 28 nitrogen and oxygen atoms in total. The monoisotopic (exact) mass is 1660 g/mol. The van der Waals surface area contributed by atoms with E-state index in [1.54, 1.807) is 98.5 Å². The Bertz CT molecular complexity index is 5590. The number of fused-ring (bicyclic) bond motifs is 12. The number of rotatable bonds is 16. The highest BCUT2D eigenvalue weighted by Crippen LogP contribution is 2.44. The van der Waals surface area contributed by atoms with E-state index in [1.807, 2.05) is 153 Å². The number of carbonyl (C=O) groups excluding carboxylic acids is 4. The van der Waals surface area contributed by atoms with Crippen LogP contribution < -0.4 is 18.9 Å². The molecule has 8 aliphatic heterocycles. The van der Waals surface area contributed by atoms with Gasteiger partial charge in [-0.3, -0.25) is 39.1 Å². The first-order valence-corrected chi connectivity index (χ1v) is 42.6. The SMILES string of the molecule is Cc1ccc(OC2CC3CCC2N(C(=O)c2cc(C)cnc2-c2ncccn2)C3)nc1.Cc1ccc(OC2CC3CCC2N(C(=O)c2cc(C)cnc2-c2ncccn2)C3)nc1.Cc1ccc(OC2CC3CCC2N(C(=O)c2cccnc2-c2ncc(F)cn2)C3)nc1.Cc1ccc(OC2CC3CCC2N(C(=O)c2ncc(C)cc2-c2ncccn2)C3)nc1. The van der Waals surface area contributed by atoms with Gasteiger partial charge in [0.25, 0.3) is 23.6 Å². The Balaban J connectivity index is 0.000000117. The fourth-order valence-corrected chi connectivity index (χ4v) is 18.5. The van der Waals surface area contributed by atoms with E-state index in [1.165, 1.54) is 0 Å². The third-order valence-corrected chi connectivity index (χ3v) is 24.5. The van der Waals surface area contributed by atoms with Crippen molar-refractivity contribution in [2.75, 3.05) is 26.2 Å². The predicted octanol–water partition coefficient (Wildman–Crippen LogP) is 14.3. The number of amides is 4. The van der Waals surface area contributed by atoms with Gasteiger partial charge in [0.15, 0.2) is 29.1 Å². The van der Waals surface area contributed by atoms with Crippen molar-refractivity contribution >= 4 is 23.6 Å². The molecule has 4 saturated carbocycles. The molecule has 24 rings (SSSR count). The first-order valence-electron chi connectivity index (χ1n) is 42.6. The van der Waals surface area contributed by atoms with Crippen molar-refractivity contribution < 1.29 is 42.5 Å². The molecule has 632 valence electrons. The number of aryl methyl sites for hydroxylation is 7. The number of ether oxygens (including phenoxy) is 4. The van der Waals surface area contributed by atoms with Gasteiger partial charge in [-0.1, -0.05) is 24.3 Å². The summed E-state index contributed by atoms with van der Waals surface area (Å²) in [6, 6.07) is 30.0. The molecule has 8 bridgehead atoms. The van der Waals surface area contributed by atoms with Gasteiger partial charge in [-0.05, 0) is 237 Å². The van der Waals surface area contributed by atoms with Crippen molar-refractivity contribution in [2.24, 2.45) is 23.7 Å². The Labute approximate surface area is 718 Å². The molecule has 12 fully saturated rings. The van der Waals surface area contributed by atoms with Gasteiger partial charge in [-0.15, -0.1) is 0 Å². The summed E-state index contributed by atoms with van der Waals surface area (Å²) >= 11 is 0. The second-order valence-electron chi connectivity index (χ2n) is 33.7. The van der Waals surface area contributed by atoms with Crippen molar-refractivity contribution in [1.29, 1.82) is 0 Å². The zero-order valence-corrected chi connectivity index (χ0v) is 70.3. The molecule has 0 radical (unpaired) electrons. The van der Waals surface area contributed by atoms with Gasteiger partial charge in [0, 0.05) is 137 Å². The van der Waals surface area contributed by atoms with Crippen molar-refractivity contribution in [3.05, 3.63) is 263 Å². The van der Waals surface area contributed by atoms with E-state index >= 15 is 0 Å². The maximum Gasteiger partial charge on any atom is 0.273 e. The highest BCUT2D eigenvalue weighted by Gasteiger charge is 2.50. The molecular formula is C95H97FN20O8. The summed E-state index contributed by atoms with van der Waals surface area (Å²) in [6.07, 6.45) is 37.8. The zero-order chi connectivity index (χ0) is 85.5. The second-order valence-corrected chi connectivity index (χ2v) is 33.7. The van der Waals surface area contributed by atoms with Gasteiger partial charge >= 0.3 is 0 Å². The first kappa shape index (κ1) is 82.8. The molecule has 12 aromatic rings. The highest BCUT2D eigenvalue weighted by atomic mass is 19.1. The summed E-state index contributed by atoms with van der Waals surface area (Å²) < 4.78 is 38.2. The number of hydrogen-bond acceptors (Lipinski definition) is 24. The molecule has 124 heavy (non-hydrogen) atoms. The first-order chi connectivity index (χ1) is 60.3. The van der Waals surface area contributed by atoms with Crippen LogP contribution in [0.25, 0.3) is 45.9 Å². The fourth-order valence-electron chi connectivity index (χ4n) is 18.5. The molecule has 0 N–H and O–H groups in total. The average Bonchev–Trinajstić information content (AvgIpc) is 0.777.